The smallest absolute Gasteiger partial charge is 0.186 e. The number of halogens is 1. The normalized spacial score (nSPS) is 16.1. The van der Waals surface area contributed by atoms with Gasteiger partial charge in [-0.3, -0.25) is 9.69 Å². The Hall–Kier alpha value is -1.36. The Labute approximate surface area is 133 Å². The topological polar surface area (TPSA) is 23.6 Å². The number of carbonyl (C=O) groups is 1. The van der Waals surface area contributed by atoms with E-state index in [9.17, 15) is 4.79 Å². The molecule has 2 heterocycles. The van der Waals surface area contributed by atoms with Crippen LogP contribution in [-0.2, 0) is 0 Å². The second-order valence-electron chi connectivity index (χ2n) is 5.14. The average Bonchev–Trinajstić information content (AvgIpc) is 3.03. The summed E-state index contributed by atoms with van der Waals surface area (Å²) in [5, 5.41) is 2.71. The van der Waals surface area contributed by atoms with Gasteiger partial charge >= 0.3 is 0 Å². The van der Waals surface area contributed by atoms with Crippen molar-refractivity contribution in [1.82, 2.24) is 4.90 Å². The number of benzene rings is 1. The molecule has 0 spiro atoms. The molecule has 5 heteroatoms. The van der Waals surface area contributed by atoms with Gasteiger partial charge in [0.25, 0.3) is 0 Å². The standard InChI is InChI=1S/C16H17ClN2OS/c17-13-3-5-14(6-4-13)19-9-7-18(8-10-19)12-15(20)16-2-1-11-21-16/h1-6,11H,7-10,12H2. The first kappa shape index (κ1) is 14.6. The predicted molar refractivity (Wildman–Crippen MR) is 88.8 cm³/mol. The highest BCUT2D eigenvalue weighted by Crippen LogP contribution is 2.19. The van der Waals surface area contributed by atoms with Crippen molar-refractivity contribution in [3.63, 3.8) is 0 Å². The van der Waals surface area contributed by atoms with E-state index in [-0.39, 0.29) is 5.78 Å². The number of nitrogens with zero attached hydrogens (tertiary/aromatic N) is 2. The fraction of sp³-hybridized carbons (Fsp3) is 0.312. The summed E-state index contributed by atoms with van der Waals surface area (Å²) in [6, 6.07) is 11.8. The molecule has 1 aliphatic heterocycles. The van der Waals surface area contributed by atoms with Crippen LogP contribution in [0.15, 0.2) is 41.8 Å². The molecule has 0 radical (unpaired) electrons. The Kier molecular flexibility index (Phi) is 4.58. The average molecular weight is 321 g/mol. The number of hydrogen-bond acceptors (Lipinski definition) is 4. The summed E-state index contributed by atoms with van der Waals surface area (Å²) in [6.07, 6.45) is 0. The molecule has 1 saturated heterocycles. The maximum Gasteiger partial charge on any atom is 0.186 e. The van der Waals surface area contributed by atoms with Gasteiger partial charge in [-0.05, 0) is 35.7 Å². The lowest BCUT2D eigenvalue weighted by atomic mass is 10.2. The predicted octanol–water partition coefficient (Wildman–Crippen LogP) is 3.41. The molecule has 1 aromatic heterocycles. The Bertz CT molecular complexity index is 589. The Morgan fingerprint density at radius 2 is 1.81 bits per heavy atom. The molecular formula is C16H17ClN2OS. The van der Waals surface area contributed by atoms with E-state index in [0.29, 0.717) is 6.54 Å². The Balaban J connectivity index is 1.53. The van der Waals surface area contributed by atoms with Crippen molar-refractivity contribution in [3.8, 4) is 0 Å². The van der Waals surface area contributed by atoms with Crippen LogP contribution in [0, 0.1) is 0 Å². The summed E-state index contributed by atoms with van der Waals surface area (Å²) >= 11 is 7.44. The highest BCUT2D eigenvalue weighted by Gasteiger charge is 2.20. The molecule has 0 bridgehead atoms. The van der Waals surface area contributed by atoms with E-state index in [1.54, 1.807) is 0 Å². The fourth-order valence-electron chi connectivity index (χ4n) is 2.53. The van der Waals surface area contributed by atoms with Crippen LogP contribution in [0.4, 0.5) is 5.69 Å². The van der Waals surface area contributed by atoms with Crippen molar-refractivity contribution in [2.45, 2.75) is 0 Å². The molecule has 1 fully saturated rings. The number of ketones is 1. The number of rotatable bonds is 4. The van der Waals surface area contributed by atoms with Gasteiger partial charge < -0.3 is 4.90 Å². The van der Waals surface area contributed by atoms with Gasteiger partial charge in [-0.15, -0.1) is 11.3 Å². The van der Waals surface area contributed by atoms with Gasteiger partial charge in [0.15, 0.2) is 5.78 Å². The monoisotopic (exact) mass is 320 g/mol. The summed E-state index contributed by atoms with van der Waals surface area (Å²) in [5.41, 5.74) is 1.20. The summed E-state index contributed by atoms with van der Waals surface area (Å²) in [5.74, 6) is 0.227. The van der Waals surface area contributed by atoms with Crippen molar-refractivity contribution in [3.05, 3.63) is 51.7 Å². The first-order chi connectivity index (χ1) is 10.2. The van der Waals surface area contributed by atoms with E-state index in [2.05, 4.69) is 21.9 Å². The summed E-state index contributed by atoms with van der Waals surface area (Å²) in [6.45, 7) is 4.24. The summed E-state index contributed by atoms with van der Waals surface area (Å²) < 4.78 is 0. The first-order valence-electron chi connectivity index (χ1n) is 7.02. The van der Waals surface area contributed by atoms with E-state index in [1.807, 2.05) is 29.6 Å². The Morgan fingerprint density at radius 1 is 1.10 bits per heavy atom. The van der Waals surface area contributed by atoms with Crippen LogP contribution in [0.25, 0.3) is 0 Å². The SMILES string of the molecule is O=C(CN1CCN(c2ccc(Cl)cc2)CC1)c1cccs1. The van der Waals surface area contributed by atoms with Crippen molar-refractivity contribution in [2.24, 2.45) is 0 Å². The van der Waals surface area contributed by atoms with E-state index >= 15 is 0 Å². The zero-order valence-electron chi connectivity index (χ0n) is 11.7. The number of carbonyl (C=O) groups excluding carboxylic acids is 1. The molecule has 0 unspecified atom stereocenters. The van der Waals surface area contributed by atoms with Gasteiger partial charge in [-0.2, -0.15) is 0 Å². The Morgan fingerprint density at radius 3 is 2.43 bits per heavy atom. The van der Waals surface area contributed by atoms with Crippen molar-refractivity contribution in [1.29, 1.82) is 0 Å². The molecule has 110 valence electrons. The maximum absolute atomic E-state index is 12.1. The molecule has 0 aliphatic carbocycles. The van der Waals surface area contributed by atoms with Crippen LogP contribution in [0.3, 0.4) is 0 Å². The minimum absolute atomic E-state index is 0.227. The van der Waals surface area contributed by atoms with Gasteiger partial charge in [-0.1, -0.05) is 17.7 Å². The highest BCUT2D eigenvalue weighted by molar-refractivity contribution is 7.12. The van der Waals surface area contributed by atoms with E-state index in [0.717, 1.165) is 36.1 Å². The second-order valence-corrected chi connectivity index (χ2v) is 6.52. The van der Waals surface area contributed by atoms with Crippen LogP contribution in [0.1, 0.15) is 9.67 Å². The van der Waals surface area contributed by atoms with Crippen LogP contribution in [0.2, 0.25) is 5.02 Å². The summed E-state index contributed by atoms with van der Waals surface area (Å²) in [7, 11) is 0. The van der Waals surface area contributed by atoms with Crippen LogP contribution in [0.5, 0.6) is 0 Å². The highest BCUT2D eigenvalue weighted by atomic mass is 35.5. The lowest BCUT2D eigenvalue weighted by Crippen LogP contribution is -2.47. The van der Waals surface area contributed by atoms with Gasteiger partial charge in [0.1, 0.15) is 0 Å². The largest absolute Gasteiger partial charge is 0.369 e. The van der Waals surface area contributed by atoms with Crippen molar-refractivity contribution < 1.29 is 4.79 Å². The quantitative estimate of drug-likeness (QED) is 0.807. The molecule has 0 atom stereocenters. The third-order valence-electron chi connectivity index (χ3n) is 3.73. The number of thiophene rings is 1. The first-order valence-corrected chi connectivity index (χ1v) is 8.28. The van der Waals surface area contributed by atoms with Crippen molar-refractivity contribution in [2.75, 3.05) is 37.6 Å². The molecular weight excluding hydrogens is 304 g/mol. The second kappa shape index (κ2) is 6.60. The lowest BCUT2D eigenvalue weighted by molar-refractivity contribution is 0.0930. The van der Waals surface area contributed by atoms with E-state index in [4.69, 9.17) is 11.6 Å². The van der Waals surface area contributed by atoms with Crippen LogP contribution in [-0.4, -0.2) is 43.4 Å². The maximum atomic E-state index is 12.1. The van der Waals surface area contributed by atoms with E-state index in [1.165, 1.54) is 17.0 Å². The molecule has 3 rings (SSSR count). The molecule has 1 aromatic carbocycles. The minimum atomic E-state index is 0.227. The number of Topliss-reactive ketones (excluding diaryl/α,β-unsaturated/α-hetero) is 1. The number of piperazine rings is 1. The molecule has 0 saturated carbocycles. The molecule has 21 heavy (non-hydrogen) atoms. The third kappa shape index (κ3) is 3.64. The van der Waals surface area contributed by atoms with Crippen molar-refractivity contribution >= 4 is 34.4 Å². The molecule has 3 nitrogen and oxygen atoms in total. The van der Waals surface area contributed by atoms with E-state index < -0.39 is 0 Å². The molecule has 0 N–H and O–H groups in total. The summed E-state index contributed by atoms with van der Waals surface area (Å²) in [4.78, 5) is 17.5. The van der Waals surface area contributed by atoms with Gasteiger partial charge in [0.2, 0.25) is 0 Å². The lowest BCUT2D eigenvalue weighted by Gasteiger charge is -2.35. The van der Waals surface area contributed by atoms with Gasteiger partial charge in [0, 0.05) is 36.9 Å². The van der Waals surface area contributed by atoms with Crippen LogP contribution < -0.4 is 4.90 Å². The third-order valence-corrected chi connectivity index (χ3v) is 4.89. The molecule has 1 aliphatic rings. The zero-order chi connectivity index (χ0) is 14.7. The number of anilines is 1. The van der Waals surface area contributed by atoms with Gasteiger partial charge in [0.05, 0.1) is 11.4 Å². The molecule has 0 amide bonds. The number of hydrogen-bond donors (Lipinski definition) is 0. The fourth-order valence-corrected chi connectivity index (χ4v) is 3.32. The zero-order valence-corrected chi connectivity index (χ0v) is 13.2. The minimum Gasteiger partial charge on any atom is -0.369 e. The van der Waals surface area contributed by atoms with Gasteiger partial charge in [-0.25, -0.2) is 0 Å². The van der Waals surface area contributed by atoms with Crippen LogP contribution >= 0.6 is 22.9 Å². The molecule has 2 aromatic rings.